The number of rotatable bonds is 7. The summed E-state index contributed by atoms with van der Waals surface area (Å²) in [5.74, 6) is -0.346. The fourth-order valence-electron chi connectivity index (χ4n) is 3.06. The van der Waals surface area contributed by atoms with Gasteiger partial charge in [-0.05, 0) is 25.1 Å². The fourth-order valence-corrected chi connectivity index (χ4v) is 4.25. The van der Waals surface area contributed by atoms with Crippen LogP contribution in [0.3, 0.4) is 0 Å². The largest absolute Gasteiger partial charge is 0.360 e. The SMILES string of the molecule is Cc1onc(-c2ccccc2Cl)c1C(=O)Nc1nnc(CCNC(=O)c2ccccc2Cl)s1. The third kappa shape index (κ3) is 5.22. The first-order chi connectivity index (χ1) is 15.9. The lowest BCUT2D eigenvalue weighted by atomic mass is 10.1. The van der Waals surface area contributed by atoms with Crippen LogP contribution in [0.25, 0.3) is 11.3 Å². The van der Waals surface area contributed by atoms with Gasteiger partial charge in [0.05, 0.1) is 15.6 Å². The van der Waals surface area contributed by atoms with Crippen LogP contribution in [0.1, 0.15) is 31.5 Å². The van der Waals surface area contributed by atoms with Crippen molar-refractivity contribution in [2.45, 2.75) is 13.3 Å². The molecule has 0 bridgehead atoms. The first kappa shape index (κ1) is 22.9. The maximum absolute atomic E-state index is 12.9. The summed E-state index contributed by atoms with van der Waals surface area (Å²) in [6.07, 6.45) is 0.445. The van der Waals surface area contributed by atoms with Crippen molar-refractivity contribution >= 4 is 51.5 Å². The number of halogens is 2. The van der Waals surface area contributed by atoms with Gasteiger partial charge in [0.25, 0.3) is 11.8 Å². The molecule has 11 heteroatoms. The summed E-state index contributed by atoms with van der Waals surface area (Å²) in [5.41, 5.74) is 1.62. The van der Waals surface area contributed by atoms with Crippen molar-refractivity contribution in [2.24, 2.45) is 0 Å². The van der Waals surface area contributed by atoms with Crippen molar-refractivity contribution < 1.29 is 14.1 Å². The number of aryl methyl sites for hydroxylation is 1. The first-order valence-electron chi connectivity index (χ1n) is 9.81. The number of carbonyl (C=O) groups is 2. The molecular weight excluding hydrogens is 485 g/mol. The van der Waals surface area contributed by atoms with E-state index < -0.39 is 5.91 Å². The quantitative estimate of drug-likeness (QED) is 0.367. The number of benzene rings is 2. The van der Waals surface area contributed by atoms with E-state index in [4.69, 9.17) is 27.7 Å². The number of carbonyl (C=O) groups excluding carboxylic acids is 2. The van der Waals surface area contributed by atoms with Gasteiger partial charge in [-0.25, -0.2) is 0 Å². The summed E-state index contributed by atoms with van der Waals surface area (Å²) in [4.78, 5) is 25.2. The van der Waals surface area contributed by atoms with Crippen LogP contribution >= 0.6 is 34.5 Å². The lowest BCUT2D eigenvalue weighted by molar-refractivity contribution is 0.0953. The lowest BCUT2D eigenvalue weighted by Gasteiger charge is -2.05. The van der Waals surface area contributed by atoms with Crippen molar-refractivity contribution in [1.82, 2.24) is 20.7 Å². The van der Waals surface area contributed by atoms with Crippen LogP contribution in [0.2, 0.25) is 10.0 Å². The number of anilines is 1. The monoisotopic (exact) mass is 501 g/mol. The second-order valence-corrected chi connectivity index (χ2v) is 8.76. The van der Waals surface area contributed by atoms with E-state index in [0.717, 1.165) is 0 Å². The Morgan fingerprint density at radius 2 is 1.73 bits per heavy atom. The number of hydrogen-bond donors (Lipinski definition) is 2. The number of nitrogens with zero attached hydrogens (tertiary/aromatic N) is 3. The summed E-state index contributed by atoms with van der Waals surface area (Å²) in [6, 6.07) is 13.9. The molecule has 2 amide bonds. The van der Waals surface area contributed by atoms with Crippen molar-refractivity contribution in [1.29, 1.82) is 0 Å². The molecule has 8 nitrogen and oxygen atoms in total. The second kappa shape index (κ2) is 10.1. The molecule has 33 heavy (non-hydrogen) atoms. The van der Waals surface area contributed by atoms with Gasteiger partial charge in [-0.2, -0.15) is 0 Å². The normalized spacial score (nSPS) is 10.8. The van der Waals surface area contributed by atoms with E-state index >= 15 is 0 Å². The number of hydrogen-bond acceptors (Lipinski definition) is 7. The second-order valence-electron chi connectivity index (χ2n) is 6.88. The van der Waals surface area contributed by atoms with Crippen LogP contribution in [0, 0.1) is 6.92 Å². The van der Waals surface area contributed by atoms with Gasteiger partial charge in [-0.15, -0.1) is 10.2 Å². The van der Waals surface area contributed by atoms with Crippen LogP contribution in [0.15, 0.2) is 53.1 Å². The number of nitrogens with one attached hydrogen (secondary N) is 2. The molecule has 168 valence electrons. The summed E-state index contributed by atoms with van der Waals surface area (Å²) >= 11 is 13.5. The van der Waals surface area contributed by atoms with Gasteiger partial charge < -0.3 is 9.84 Å². The minimum atomic E-state index is -0.432. The predicted octanol–water partition coefficient (Wildman–Crippen LogP) is 5.03. The van der Waals surface area contributed by atoms with E-state index in [0.29, 0.717) is 55.7 Å². The zero-order valence-electron chi connectivity index (χ0n) is 17.3. The van der Waals surface area contributed by atoms with E-state index in [9.17, 15) is 9.59 Å². The van der Waals surface area contributed by atoms with Gasteiger partial charge >= 0.3 is 0 Å². The molecule has 0 unspecified atom stereocenters. The molecule has 0 fully saturated rings. The van der Waals surface area contributed by atoms with Gasteiger partial charge in [-0.3, -0.25) is 14.9 Å². The molecule has 2 aromatic carbocycles. The molecule has 4 aromatic rings. The zero-order valence-corrected chi connectivity index (χ0v) is 19.6. The van der Waals surface area contributed by atoms with Gasteiger partial charge in [-0.1, -0.05) is 70.0 Å². The topological polar surface area (TPSA) is 110 Å². The average Bonchev–Trinajstić information content (AvgIpc) is 3.40. The number of amides is 2. The molecule has 0 aliphatic rings. The summed E-state index contributed by atoms with van der Waals surface area (Å²) in [6.45, 7) is 1.99. The zero-order chi connectivity index (χ0) is 23.4. The molecule has 2 heterocycles. The Morgan fingerprint density at radius 3 is 2.48 bits per heavy atom. The fraction of sp³-hybridized carbons (Fsp3) is 0.136. The van der Waals surface area contributed by atoms with Crippen molar-refractivity contribution in [2.75, 3.05) is 11.9 Å². The van der Waals surface area contributed by atoms with Gasteiger partial charge in [0.1, 0.15) is 22.0 Å². The van der Waals surface area contributed by atoms with Crippen LogP contribution in [-0.4, -0.2) is 33.7 Å². The predicted molar refractivity (Wildman–Crippen MR) is 127 cm³/mol. The molecule has 0 atom stereocenters. The maximum Gasteiger partial charge on any atom is 0.263 e. The van der Waals surface area contributed by atoms with E-state index in [1.807, 2.05) is 0 Å². The van der Waals surface area contributed by atoms with Gasteiger partial charge in [0, 0.05) is 18.5 Å². The molecule has 0 saturated heterocycles. The minimum Gasteiger partial charge on any atom is -0.360 e. The number of aromatic nitrogens is 3. The van der Waals surface area contributed by atoms with Gasteiger partial charge in [0.15, 0.2) is 0 Å². The standard InChI is InChI=1S/C22H17Cl2N5O3S/c1-12-18(19(29-32-12)13-6-2-4-8-15(13)23)21(31)26-22-28-27-17(33-22)10-11-25-20(30)14-7-3-5-9-16(14)24/h2-9H,10-11H2,1H3,(H,25,30)(H,26,28,31). The highest BCUT2D eigenvalue weighted by atomic mass is 35.5. The molecule has 2 N–H and O–H groups in total. The van der Waals surface area contributed by atoms with Crippen molar-refractivity contribution in [3.05, 3.63) is 80.5 Å². The maximum atomic E-state index is 12.9. The third-order valence-corrected chi connectivity index (χ3v) is 6.21. The summed E-state index contributed by atoms with van der Waals surface area (Å²) in [7, 11) is 0. The average molecular weight is 502 g/mol. The molecular formula is C22H17Cl2N5O3S. The van der Waals surface area contributed by atoms with Gasteiger partial charge in [0.2, 0.25) is 5.13 Å². The highest BCUT2D eigenvalue weighted by Crippen LogP contribution is 2.31. The molecule has 0 saturated carbocycles. The van der Waals surface area contributed by atoms with Crippen LogP contribution in [0.4, 0.5) is 5.13 Å². The van der Waals surface area contributed by atoms with Crippen LogP contribution < -0.4 is 10.6 Å². The molecule has 2 aromatic heterocycles. The molecule has 4 rings (SSSR count). The smallest absolute Gasteiger partial charge is 0.263 e. The Hall–Kier alpha value is -3.27. The highest BCUT2D eigenvalue weighted by Gasteiger charge is 2.24. The Balaban J connectivity index is 1.39. The van der Waals surface area contributed by atoms with Crippen LogP contribution in [-0.2, 0) is 6.42 Å². The Morgan fingerprint density at radius 1 is 1.00 bits per heavy atom. The highest BCUT2D eigenvalue weighted by molar-refractivity contribution is 7.15. The third-order valence-electron chi connectivity index (χ3n) is 4.65. The molecule has 0 radical (unpaired) electrons. The summed E-state index contributed by atoms with van der Waals surface area (Å²) in [5, 5.41) is 19.4. The van der Waals surface area contributed by atoms with Crippen molar-refractivity contribution in [3.63, 3.8) is 0 Å². The van der Waals surface area contributed by atoms with E-state index in [1.165, 1.54) is 11.3 Å². The lowest BCUT2D eigenvalue weighted by Crippen LogP contribution is -2.25. The van der Waals surface area contributed by atoms with Crippen LogP contribution in [0.5, 0.6) is 0 Å². The minimum absolute atomic E-state index is 0.270. The van der Waals surface area contributed by atoms with E-state index in [1.54, 1.807) is 55.5 Å². The molecule has 0 spiro atoms. The molecule has 0 aliphatic heterocycles. The van der Waals surface area contributed by atoms with Crippen molar-refractivity contribution in [3.8, 4) is 11.3 Å². The Labute approximate surface area is 202 Å². The van der Waals surface area contributed by atoms with E-state index in [-0.39, 0.29) is 11.5 Å². The first-order valence-corrected chi connectivity index (χ1v) is 11.4. The Bertz CT molecular complexity index is 1320. The molecule has 0 aliphatic carbocycles. The van der Waals surface area contributed by atoms with E-state index in [2.05, 4.69) is 26.0 Å². The summed E-state index contributed by atoms with van der Waals surface area (Å²) < 4.78 is 5.24. The Kier molecular flexibility index (Phi) is 7.02.